The van der Waals surface area contributed by atoms with Crippen LogP contribution in [0, 0.1) is 19.7 Å². The average Bonchev–Trinajstić information content (AvgIpc) is 1.85. The summed E-state index contributed by atoms with van der Waals surface area (Å²) in [6.45, 7) is 3.95. The second-order valence-corrected chi connectivity index (χ2v) is 3.82. The normalized spacial score (nSPS) is 9.42. The molecule has 0 amide bonds. The molecule has 12 heavy (non-hydrogen) atoms. The Balaban J connectivity index is 0.00000121. The zero-order valence-electron chi connectivity index (χ0n) is 7.32. The molecular weight excluding hydrogens is 272 g/mol. The summed E-state index contributed by atoms with van der Waals surface area (Å²) in [4.78, 5) is 0. The zero-order chi connectivity index (χ0) is 8.43. The Kier molecular flexibility index (Phi) is 5.19. The summed E-state index contributed by atoms with van der Waals surface area (Å²) in [6.07, 6.45) is 0. The summed E-state index contributed by atoms with van der Waals surface area (Å²) in [5.41, 5.74) is 3.51. The van der Waals surface area contributed by atoms with Gasteiger partial charge in [-0.15, -0.1) is 0 Å². The van der Waals surface area contributed by atoms with Gasteiger partial charge in [0.2, 0.25) is 0 Å². The zero-order valence-corrected chi connectivity index (χ0v) is 11.9. The van der Waals surface area contributed by atoms with Crippen molar-refractivity contribution in [3.8, 4) is 0 Å². The molecule has 0 heterocycles. The summed E-state index contributed by atoms with van der Waals surface area (Å²) >= 11 is 1.24. The molecule has 0 N–H and O–H groups in total. The predicted molar refractivity (Wildman–Crippen MR) is 39.6 cm³/mol. The van der Waals surface area contributed by atoms with Crippen LogP contribution in [0.1, 0.15) is 16.7 Å². The van der Waals surface area contributed by atoms with Crippen LogP contribution in [0.3, 0.4) is 0 Å². The Bertz CT molecular complexity index is 250. The molecule has 1 rings (SSSR count). The molecule has 0 saturated carbocycles. The fourth-order valence-electron chi connectivity index (χ4n) is 1.33. The minimum atomic E-state index is -0.114. The van der Waals surface area contributed by atoms with Crippen molar-refractivity contribution in [2.45, 2.75) is 18.9 Å². The third-order valence-corrected chi connectivity index (χ3v) is 2.96. The van der Waals surface area contributed by atoms with Crippen LogP contribution < -0.4 is 17.0 Å². The van der Waals surface area contributed by atoms with E-state index in [0.29, 0.717) is 0 Å². The van der Waals surface area contributed by atoms with Gasteiger partial charge in [-0.3, -0.25) is 0 Å². The minimum absolute atomic E-state index is 0. The van der Waals surface area contributed by atoms with Crippen LogP contribution in [0.2, 0.25) is 0 Å². The van der Waals surface area contributed by atoms with E-state index in [2.05, 4.69) is 0 Å². The van der Waals surface area contributed by atoms with Crippen LogP contribution in [0.25, 0.3) is 0 Å². The number of halogens is 2. The Morgan fingerprint density at radius 2 is 1.67 bits per heavy atom. The molecule has 0 atom stereocenters. The number of aryl methyl sites for hydroxylation is 2. The molecule has 0 aliphatic heterocycles. The van der Waals surface area contributed by atoms with E-state index in [1.807, 2.05) is 13.8 Å². The van der Waals surface area contributed by atoms with Crippen LogP contribution in [0.5, 0.6) is 0 Å². The summed E-state index contributed by atoms with van der Waals surface area (Å²) in [5.74, 6) is -0.114. The summed E-state index contributed by atoms with van der Waals surface area (Å²) in [7, 11) is 0. The first-order valence-electron chi connectivity index (χ1n) is 3.70. The van der Waals surface area contributed by atoms with E-state index < -0.39 is 0 Å². The van der Waals surface area contributed by atoms with Gasteiger partial charge in [0.05, 0.1) is 0 Å². The van der Waals surface area contributed by atoms with Crippen LogP contribution in [-0.4, -0.2) is 0 Å². The van der Waals surface area contributed by atoms with Crippen LogP contribution in [-0.2, 0) is 23.3 Å². The van der Waals surface area contributed by atoms with Crippen LogP contribution in [0.4, 0.5) is 4.39 Å². The predicted octanol–water partition coefficient (Wildman–Crippen LogP) is -0.507. The van der Waals surface area contributed by atoms with Crippen molar-refractivity contribution < 1.29 is 39.7 Å². The topological polar surface area (TPSA) is 0 Å². The van der Waals surface area contributed by atoms with E-state index in [1.165, 1.54) is 23.9 Å². The molecule has 0 aromatic heterocycles. The molecule has 1 aromatic rings. The second kappa shape index (κ2) is 5.08. The van der Waals surface area contributed by atoms with E-state index in [0.717, 1.165) is 16.1 Å². The summed E-state index contributed by atoms with van der Waals surface area (Å²) in [5, 5.41) is 1.11. The SMILES string of the molecule is Cc1cc(F)cc(C)c1[CH2][Zn+].[Br-]. The molecule has 62 valence electrons. The largest absolute Gasteiger partial charge is 1.00 e. The molecule has 0 radical (unpaired) electrons. The van der Waals surface area contributed by atoms with Gasteiger partial charge in [-0.2, -0.15) is 0 Å². The standard InChI is InChI=1S/C9H10F.BrH.Zn/c1-6-4-9(10)5-7(2)8(6)3;;/h4-5H,3H2,1-2H3;1H;/q;;+1/p-1. The third kappa shape index (κ3) is 2.64. The second-order valence-electron chi connectivity index (χ2n) is 2.77. The van der Waals surface area contributed by atoms with Gasteiger partial charge < -0.3 is 17.0 Å². The molecule has 0 spiro atoms. The van der Waals surface area contributed by atoms with E-state index in [1.54, 1.807) is 12.1 Å². The quantitative estimate of drug-likeness (QED) is 0.609. The van der Waals surface area contributed by atoms with Crippen molar-refractivity contribution in [2.24, 2.45) is 0 Å². The maximum absolute atomic E-state index is 12.8. The van der Waals surface area contributed by atoms with Crippen molar-refractivity contribution in [1.29, 1.82) is 0 Å². The van der Waals surface area contributed by atoms with E-state index >= 15 is 0 Å². The molecule has 0 aliphatic rings. The Morgan fingerprint density at radius 1 is 1.25 bits per heavy atom. The molecule has 0 unspecified atom stereocenters. The van der Waals surface area contributed by atoms with Crippen molar-refractivity contribution in [2.75, 3.05) is 0 Å². The first kappa shape index (κ1) is 12.3. The summed E-state index contributed by atoms with van der Waals surface area (Å²) in [6, 6.07) is 3.22. The monoisotopic (exact) mass is 280 g/mol. The maximum atomic E-state index is 12.8. The van der Waals surface area contributed by atoms with E-state index in [-0.39, 0.29) is 22.8 Å². The van der Waals surface area contributed by atoms with Gasteiger partial charge in [0, 0.05) is 0 Å². The molecule has 3 heteroatoms. The van der Waals surface area contributed by atoms with Gasteiger partial charge in [-0.05, 0) is 0 Å². The Labute approximate surface area is 93.0 Å². The summed E-state index contributed by atoms with van der Waals surface area (Å²) < 4.78 is 12.8. The van der Waals surface area contributed by atoms with Gasteiger partial charge in [0.15, 0.2) is 0 Å². The average molecular weight is 282 g/mol. The van der Waals surface area contributed by atoms with Gasteiger partial charge in [-0.1, -0.05) is 0 Å². The Hall–Kier alpha value is 0.253. The number of rotatable bonds is 1. The van der Waals surface area contributed by atoms with Crippen LogP contribution >= 0.6 is 0 Å². The van der Waals surface area contributed by atoms with Gasteiger partial charge >= 0.3 is 76.2 Å². The van der Waals surface area contributed by atoms with Crippen LogP contribution in [0.15, 0.2) is 12.1 Å². The van der Waals surface area contributed by atoms with Crippen molar-refractivity contribution in [1.82, 2.24) is 0 Å². The Morgan fingerprint density at radius 3 is 2.00 bits per heavy atom. The first-order valence-corrected chi connectivity index (χ1v) is 5.80. The van der Waals surface area contributed by atoms with Gasteiger partial charge in [-0.25, -0.2) is 0 Å². The smallest absolute Gasteiger partial charge is 1.00 e. The van der Waals surface area contributed by atoms with Crippen molar-refractivity contribution in [3.05, 3.63) is 34.6 Å². The first-order chi connectivity index (χ1) is 5.15. The molecule has 0 nitrogen and oxygen atoms in total. The molecule has 0 bridgehead atoms. The van der Waals surface area contributed by atoms with Crippen molar-refractivity contribution >= 4 is 0 Å². The molecular formula is C9H10BrFZn. The number of hydrogen-bond donors (Lipinski definition) is 0. The van der Waals surface area contributed by atoms with Gasteiger partial charge in [0.1, 0.15) is 0 Å². The third-order valence-electron chi connectivity index (χ3n) is 1.91. The minimum Gasteiger partial charge on any atom is -1.00 e. The number of hydrogen-bond acceptors (Lipinski definition) is 0. The van der Waals surface area contributed by atoms with Crippen molar-refractivity contribution in [3.63, 3.8) is 0 Å². The fraction of sp³-hybridized carbons (Fsp3) is 0.333. The van der Waals surface area contributed by atoms with E-state index in [4.69, 9.17) is 0 Å². The molecule has 1 aromatic carbocycles. The fourth-order valence-corrected chi connectivity index (χ4v) is 2.99. The molecule has 0 saturated heterocycles. The maximum Gasteiger partial charge on any atom is -1.00 e. The molecule has 0 fully saturated rings. The van der Waals surface area contributed by atoms with E-state index in [9.17, 15) is 4.39 Å². The van der Waals surface area contributed by atoms with Gasteiger partial charge in [0.25, 0.3) is 0 Å². The number of benzene rings is 1. The molecule has 0 aliphatic carbocycles.